The van der Waals surface area contributed by atoms with Crippen molar-refractivity contribution in [1.29, 1.82) is 0 Å². The molecule has 3 rings (SSSR count). The molecular weight excluding hydrogens is 236 g/mol. The number of anilines is 1. The highest BCUT2D eigenvalue weighted by Crippen LogP contribution is 2.21. The Morgan fingerprint density at radius 1 is 1.21 bits per heavy atom. The van der Waals surface area contributed by atoms with Crippen LogP contribution in [0.2, 0.25) is 0 Å². The lowest BCUT2D eigenvalue weighted by Crippen LogP contribution is -2.42. The Kier molecular flexibility index (Phi) is 3.34. The molecule has 0 radical (unpaired) electrons. The monoisotopic (exact) mass is 256 g/mol. The van der Waals surface area contributed by atoms with Crippen molar-refractivity contribution in [3.8, 4) is 0 Å². The second kappa shape index (κ2) is 5.13. The highest BCUT2D eigenvalue weighted by atomic mass is 15.1. The summed E-state index contributed by atoms with van der Waals surface area (Å²) in [5.74, 6) is 0. The predicted molar refractivity (Wildman–Crippen MR) is 78.3 cm³/mol. The fourth-order valence-corrected chi connectivity index (χ4v) is 2.71. The maximum Gasteiger partial charge on any atom is 0.0907 e. The molecule has 1 aliphatic rings. The zero-order valence-corrected chi connectivity index (χ0v) is 11.5. The van der Waals surface area contributed by atoms with Crippen molar-refractivity contribution in [2.75, 3.05) is 18.9 Å². The van der Waals surface area contributed by atoms with Gasteiger partial charge in [0, 0.05) is 36.7 Å². The largest absolute Gasteiger partial charge is 0.382 e. The number of hydrogen-bond donors (Lipinski definition) is 1. The van der Waals surface area contributed by atoms with Crippen LogP contribution in [-0.4, -0.2) is 40.5 Å². The van der Waals surface area contributed by atoms with Gasteiger partial charge in [-0.25, -0.2) is 0 Å². The van der Waals surface area contributed by atoms with Gasteiger partial charge in [-0.15, -0.1) is 0 Å². The summed E-state index contributed by atoms with van der Waals surface area (Å²) in [6.45, 7) is 3.45. The van der Waals surface area contributed by atoms with Crippen molar-refractivity contribution in [2.24, 2.45) is 0 Å². The van der Waals surface area contributed by atoms with Gasteiger partial charge in [0.1, 0.15) is 0 Å². The fraction of sp³-hybridized carbons (Fsp3) is 0.467. The Bertz CT molecular complexity index is 569. The van der Waals surface area contributed by atoms with Gasteiger partial charge in [-0.2, -0.15) is 0 Å². The molecule has 0 spiro atoms. The first kappa shape index (κ1) is 12.4. The molecule has 1 aromatic heterocycles. The summed E-state index contributed by atoms with van der Waals surface area (Å²) in [4.78, 5) is 11.1. The summed E-state index contributed by atoms with van der Waals surface area (Å²) in [6.07, 6.45) is 5.85. The van der Waals surface area contributed by atoms with E-state index >= 15 is 0 Å². The highest BCUT2D eigenvalue weighted by Gasteiger charge is 2.22. The van der Waals surface area contributed by atoms with Crippen LogP contribution in [0, 0.1) is 0 Å². The van der Waals surface area contributed by atoms with E-state index in [1.807, 2.05) is 6.07 Å². The molecule has 0 aliphatic carbocycles. The second-order valence-corrected chi connectivity index (χ2v) is 5.46. The summed E-state index contributed by atoms with van der Waals surface area (Å²) >= 11 is 0. The van der Waals surface area contributed by atoms with Gasteiger partial charge in [0.25, 0.3) is 0 Å². The van der Waals surface area contributed by atoms with Gasteiger partial charge >= 0.3 is 0 Å². The van der Waals surface area contributed by atoms with Crippen LogP contribution in [0.3, 0.4) is 0 Å². The van der Waals surface area contributed by atoms with Crippen molar-refractivity contribution in [3.05, 3.63) is 30.6 Å². The number of aromatic nitrogens is 2. The molecule has 19 heavy (non-hydrogen) atoms. The van der Waals surface area contributed by atoms with E-state index < -0.39 is 0 Å². The van der Waals surface area contributed by atoms with Gasteiger partial charge in [0.05, 0.1) is 11.0 Å². The van der Waals surface area contributed by atoms with Gasteiger partial charge in [-0.05, 0) is 45.0 Å². The first-order valence-electron chi connectivity index (χ1n) is 6.90. The third kappa shape index (κ3) is 2.68. The van der Waals surface area contributed by atoms with Crippen molar-refractivity contribution in [2.45, 2.75) is 31.8 Å². The minimum absolute atomic E-state index is 0.556. The molecule has 2 aromatic rings. The Labute approximate surface area is 113 Å². The molecular formula is C15H20N4. The number of likely N-dealkylation sites (tertiary alicyclic amines) is 1. The maximum atomic E-state index is 4.35. The Morgan fingerprint density at radius 2 is 2.00 bits per heavy atom. The van der Waals surface area contributed by atoms with E-state index in [-0.39, 0.29) is 0 Å². The molecule has 2 heterocycles. The zero-order valence-electron chi connectivity index (χ0n) is 11.5. The predicted octanol–water partition coefficient (Wildman–Crippen LogP) is 2.52. The zero-order chi connectivity index (χ0) is 13.2. The molecule has 1 saturated heterocycles. The molecule has 2 unspecified atom stereocenters. The standard InChI is InChI=1S/C15H20N4/c1-11-9-13(5-8-19(11)2)18-12-3-4-14-15(10-12)17-7-6-16-14/h3-4,6-7,10-11,13,18H,5,8-9H2,1-2H3. The molecule has 1 N–H and O–H groups in total. The Hall–Kier alpha value is -1.68. The van der Waals surface area contributed by atoms with Crippen molar-refractivity contribution < 1.29 is 0 Å². The molecule has 2 atom stereocenters. The van der Waals surface area contributed by atoms with Gasteiger partial charge in [0.2, 0.25) is 0 Å². The Balaban J connectivity index is 1.74. The van der Waals surface area contributed by atoms with Crippen LogP contribution in [0.25, 0.3) is 11.0 Å². The van der Waals surface area contributed by atoms with E-state index in [2.05, 4.69) is 46.3 Å². The Morgan fingerprint density at radius 3 is 2.79 bits per heavy atom. The van der Waals surface area contributed by atoms with Gasteiger partial charge in [-0.1, -0.05) is 0 Å². The average molecular weight is 256 g/mol. The normalized spacial score (nSPS) is 24.5. The third-order valence-corrected chi connectivity index (χ3v) is 4.05. The van der Waals surface area contributed by atoms with Gasteiger partial charge in [0.15, 0.2) is 0 Å². The lowest BCUT2D eigenvalue weighted by Gasteiger charge is -2.35. The average Bonchev–Trinajstić information content (AvgIpc) is 2.43. The number of benzene rings is 1. The van der Waals surface area contributed by atoms with E-state index in [0.717, 1.165) is 23.3 Å². The molecule has 4 heteroatoms. The third-order valence-electron chi connectivity index (χ3n) is 4.05. The summed E-state index contributed by atoms with van der Waals surface area (Å²) in [5, 5.41) is 3.63. The summed E-state index contributed by atoms with van der Waals surface area (Å²) < 4.78 is 0. The van der Waals surface area contributed by atoms with Crippen LogP contribution in [0.1, 0.15) is 19.8 Å². The molecule has 1 aromatic carbocycles. The molecule has 4 nitrogen and oxygen atoms in total. The number of nitrogens with one attached hydrogen (secondary N) is 1. The first-order chi connectivity index (χ1) is 9.22. The minimum Gasteiger partial charge on any atom is -0.382 e. The lowest BCUT2D eigenvalue weighted by molar-refractivity contribution is 0.190. The van der Waals surface area contributed by atoms with Crippen molar-refractivity contribution in [1.82, 2.24) is 14.9 Å². The fourth-order valence-electron chi connectivity index (χ4n) is 2.71. The first-order valence-corrected chi connectivity index (χ1v) is 6.90. The molecule has 0 bridgehead atoms. The number of piperidine rings is 1. The van der Waals surface area contributed by atoms with E-state index in [4.69, 9.17) is 0 Å². The molecule has 1 fully saturated rings. The van der Waals surface area contributed by atoms with Crippen LogP contribution in [0.15, 0.2) is 30.6 Å². The van der Waals surface area contributed by atoms with Crippen molar-refractivity contribution in [3.63, 3.8) is 0 Å². The molecule has 100 valence electrons. The lowest BCUT2D eigenvalue weighted by atomic mass is 9.98. The number of nitrogens with zero attached hydrogens (tertiary/aromatic N) is 3. The number of hydrogen-bond acceptors (Lipinski definition) is 4. The van der Waals surface area contributed by atoms with Crippen LogP contribution < -0.4 is 5.32 Å². The van der Waals surface area contributed by atoms with Crippen molar-refractivity contribution >= 4 is 16.7 Å². The van der Waals surface area contributed by atoms with Gasteiger partial charge in [-0.3, -0.25) is 9.97 Å². The van der Waals surface area contributed by atoms with Crippen LogP contribution in [-0.2, 0) is 0 Å². The van der Waals surface area contributed by atoms with Crippen LogP contribution in [0.5, 0.6) is 0 Å². The summed E-state index contributed by atoms with van der Waals surface area (Å²) in [7, 11) is 2.20. The second-order valence-electron chi connectivity index (χ2n) is 5.46. The number of rotatable bonds is 2. The van der Waals surface area contributed by atoms with Crippen LogP contribution in [0.4, 0.5) is 5.69 Å². The molecule has 1 aliphatic heterocycles. The topological polar surface area (TPSA) is 41.1 Å². The highest BCUT2D eigenvalue weighted by molar-refractivity contribution is 5.78. The van der Waals surface area contributed by atoms with E-state index in [9.17, 15) is 0 Å². The maximum absolute atomic E-state index is 4.35. The van der Waals surface area contributed by atoms with Crippen LogP contribution >= 0.6 is 0 Å². The van der Waals surface area contributed by atoms with E-state index in [1.165, 1.54) is 12.8 Å². The SMILES string of the molecule is CC1CC(Nc2ccc3nccnc3c2)CCN1C. The smallest absolute Gasteiger partial charge is 0.0907 e. The molecule has 0 saturated carbocycles. The summed E-state index contributed by atoms with van der Waals surface area (Å²) in [6, 6.07) is 7.42. The van der Waals surface area contributed by atoms with Gasteiger partial charge < -0.3 is 10.2 Å². The quantitative estimate of drug-likeness (QED) is 0.896. The summed E-state index contributed by atoms with van der Waals surface area (Å²) in [5.41, 5.74) is 3.05. The van der Waals surface area contributed by atoms with E-state index in [0.29, 0.717) is 12.1 Å². The number of fused-ring (bicyclic) bond motifs is 1. The minimum atomic E-state index is 0.556. The van der Waals surface area contributed by atoms with E-state index in [1.54, 1.807) is 12.4 Å². The molecule has 0 amide bonds.